The van der Waals surface area contributed by atoms with Gasteiger partial charge in [-0.15, -0.1) is 0 Å². The first-order chi connectivity index (χ1) is 7.16. The summed E-state index contributed by atoms with van der Waals surface area (Å²) >= 11 is 0. The lowest BCUT2D eigenvalue weighted by molar-refractivity contribution is 0.341. The molecule has 0 saturated carbocycles. The van der Waals surface area contributed by atoms with Crippen molar-refractivity contribution in [2.75, 3.05) is 0 Å². The molecule has 0 saturated heterocycles. The topological polar surface area (TPSA) is 12.9 Å². The van der Waals surface area contributed by atoms with Gasteiger partial charge in [0.25, 0.3) is 0 Å². The van der Waals surface area contributed by atoms with Gasteiger partial charge in [0.15, 0.2) is 0 Å². The lowest BCUT2D eigenvalue weighted by Crippen LogP contribution is -2.49. The third kappa shape index (κ3) is 2.39. The van der Waals surface area contributed by atoms with Crippen molar-refractivity contribution in [3.63, 3.8) is 0 Å². The van der Waals surface area contributed by atoms with Crippen molar-refractivity contribution in [2.45, 2.75) is 33.6 Å². The highest BCUT2D eigenvalue weighted by atomic mass is 14.7. The second-order valence-corrected chi connectivity index (χ2v) is 5.21. The maximum Gasteiger partial charge on any atom is 0.142 e. The molecule has 1 unspecified atom stereocenters. The van der Waals surface area contributed by atoms with Gasteiger partial charge in [-0.1, -0.05) is 38.6 Å². The van der Waals surface area contributed by atoms with Gasteiger partial charge in [-0.2, -0.15) is 0 Å². The fourth-order valence-electron chi connectivity index (χ4n) is 1.56. The Morgan fingerprint density at radius 1 is 0.938 bits per heavy atom. The van der Waals surface area contributed by atoms with Gasteiger partial charge in [0, 0.05) is 0 Å². The van der Waals surface area contributed by atoms with Crippen LogP contribution in [0.1, 0.15) is 39.2 Å². The summed E-state index contributed by atoms with van der Waals surface area (Å²) in [5.74, 6) is 0.155. The predicted molar refractivity (Wildman–Crippen MR) is 73.7 cm³/mol. The van der Waals surface area contributed by atoms with Crippen LogP contribution in [0.15, 0.2) is 0 Å². The molecule has 0 aromatic carbocycles. The highest BCUT2D eigenvalue weighted by Gasteiger charge is 2.25. The second kappa shape index (κ2) is 4.35. The molecule has 0 bridgehead atoms. The standard InChI is InChI=1S/C11H13B4N/c1-5(11(2,3)4)6-7(12)8(13)10(15)16-9(6)14/h5H,1-4H3. The van der Waals surface area contributed by atoms with Gasteiger partial charge in [0.1, 0.15) is 31.4 Å². The van der Waals surface area contributed by atoms with Crippen LogP contribution in [0.4, 0.5) is 0 Å². The zero-order valence-corrected chi connectivity index (χ0v) is 10.3. The summed E-state index contributed by atoms with van der Waals surface area (Å²) in [5, 5.41) is 0. The summed E-state index contributed by atoms with van der Waals surface area (Å²) in [4.78, 5) is 4.02. The minimum atomic E-state index is 0.0342. The molecule has 16 heavy (non-hydrogen) atoms. The molecule has 1 rings (SSSR count). The van der Waals surface area contributed by atoms with Crippen LogP contribution in [0.25, 0.3) is 0 Å². The largest absolute Gasteiger partial charge is 0.281 e. The summed E-state index contributed by atoms with van der Waals surface area (Å²) in [6.45, 7) is 8.40. The fraction of sp³-hybridized carbons (Fsp3) is 0.545. The molecule has 5 heteroatoms. The molecule has 8 radical (unpaired) electrons. The first kappa shape index (κ1) is 13.5. The minimum absolute atomic E-state index is 0.0342. The van der Waals surface area contributed by atoms with Crippen molar-refractivity contribution >= 4 is 53.5 Å². The average Bonchev–Trinajstić information content (AvgIpc) is 2.13. The van der Waals surface area contributed by atoms with E-state index in [9.17, 15) is 0 Å². The Labute approximate surface area is 103 Å². The van der Waals surface area contributed by atoms with Gasteiger partial charge in [-0.25, -0.2) is 0 Å². The Morgan fingerprint density at radius 3 is 1.88 bits per heavy atom. The fourth-order valence-corrected chi connectivity index (χ4v) is 1.56. The Morgan fingerprint density at radius 2 is 1.44 bits per heavy atom. The van der Waals surface area contributed by atoms with Gasteiger partial charge in [0.2, 0.25) is 0 Å². The van der Waals surface area contributed by atoms with E-state index in [0.717, 1.165) is 5.56 Å². The number of rotatable bonds is 1. The molecule has 0 fully saturated rings. The van der Waals surface area contributed by atoms with Crippen molar-refractivity contribution in [3.8, 4) is 0 Å². The Hall–Kier alpha value is -0.590. The van der Waals surface area contributed by atoms with Crippen LogP contribution < -0.4 is 22.1 Å². The average molecular weight is 202 g/mol. The highest BCUT2D eigenvalue weighted by Crippen LogP contribution is 2.31. The Kier molecular flexibility index (Phi) is 3.66. The van der Waals surface area contributed by atoms with Crippen LogP contribution in [0.3, 0.4) is 0 Å². The summed E-state index contributed by atoms with van der Waals surface area (Å²) in [5.41, 5.74) is 2.16. The molecule has 74 valence electrons. The summed E-state index contributed by atoms with van der Waals surface area (Å²) in [6, 6.07) is 0. The Bertz CT molecular complexity index is 409. The van der Waals surface area contributed by atoms with Crippen molar-refractivity contribution in [1.82, 2.24) is 4.98 Å². The number of nitrogens with zero attached hydrogens (tertiary/aromatic N) is 1. The zero-order chi connectivity index (χ0) is 12.7. The molecule has 1 aromatic rings. The number of hydrogen-bond donors (Lipinski definition) is 0. The van der Waals surface area contributed by atoms with Crippen molar-refractivity contribution in [3.05, 3.63) is 5.56 Å². The van der Waals surface area contributed by atoms with Crippen molar-refractivity contribution in [1.29, 1.82) is 0 Å². The molecule has 1 aromatic heterocycles. The van der Waals surface area contributed by atoms with Gasteiger partial charge in [-0.05, 0) is 28.1 Å². The first-order valence-corrected chi connectivity index (χ1v) is 5.26. The minimum Gasteiger partial charge on any atom is -0.281 e. The van der Waals surface area contributed by atoms with E-state index in [4.69, 9.17) is 31.4 Å². The van der Waals surface area contributed by atoms with Crippen LogP contribution >= 0.6 is 0 Å². The lowest BCUT2D eigenvalue weighted by Gasteiger charge is -2.31. The maximum absolute atomic E-state index is 5.96. The van der Waals surface area contributed by atoms with E-state index in [0.29, 0.717) is 16.5 Å². The molecule has 0 N–H and O–H groups in total. The predicted octanol–water partition coefficient (Wildman–Crippen LogP) is -1.59. The quantitative estimate of drug-likeness (QED) is 0.500. The molecule has 0 spiro atoms. The molecule has 1 atom stereocenters. The highest BCUT2D eigenvalue weighted by molar-refractivity contribution is 6.58. The third-order valence-electron chi connectivity index (χ3n) is 3.11. The van der Waals surface area contributed by atoms with Gasteiger partial charge < -0.3 is 0 Å². The van der Waals surface area contributed by atoms with E-state index in [1.807, 2.05) is 0 Å². The monoisotopic (exact) mass is 203 g/mol. The van der Waals surface area contributed by atoms with E-state index in [1.54, 1.807) is 0 Å². The molecule has 0 amide bonds. The molecular formula is C11H13B4N. The summed E-state index contributed by atoms with van der Waals surface area (Å²) in [6.07, 6.45) is 0. The van der Waals surface area contributed by atoms with Crippen LogP contribution in [-0.4, -0.2) is 36.4 Å². The number of hydrogen-bond acceptors (Lipinski definition) is 1. The van der Waals surface area contributed by atoms with E-state index in [-0.39, 0.29) is 16.9 Å². The van der Waals surface area contributed by atoms with E-state index < -0.39 is 0 Å². The van der Waals surface area contributed by atoms with Crippen LogP contribution in [0.5, 0.6) is 0 Å². The molecule has 0 aliphatic heterocycles. The van der Waals surface area contributed by atoms with Gasteiger partial charge >= 0.3 is 0 Å². The van der Waals surface area contributed by atoms with Gasteiger partial charge in [-0.3, -0.25) is 4.98 Å². The van der Waals surface area contributed by atoms with Crippen LogP contribution in [0, 0.1) is 5.41 Å². The Balaban J connectivity index is 3.40. The molecule has 1 heterocycles. The normalized spacial score (nSPS) is 13.8. The van der Waals surface area contributed by atoms with E-state index >= 15 is 0 Å². The third-order valence-corrected chi connectivity index (χ3v) is 3.11. The maximum atomic E-state index is 5.96. The molecule has 1 nitrogen and oxygen atoms in total. The van der Waals surface area contributed by atoms with Crippen molar-refractivity contribution < 1.29 is 0 Å². The smallest absolute Gasteiger partial charge is 0.142 e. The zero-order valence-electron chi connectivity index (χ0n) is 10.3. The summed E-state index contributed by atoms with van der Waals surface area (Å²) in [7, 11) is 23.2. The van der Waals surface area contributed by atoms with E-state index in [1.165, 1.54) is 0 Å². The van der Waals surface area contributed by atoms with Gasteiger partial charge in [0.05, 0.1) is 0 Å². The lowest BCUT2D eigenvalue weighted by atomic mass is 9.65. The molecular weight excluding hydrogens is 189 g/mol. The summed E-state index contributed by atoms with van der Waals surface area (Å²) < 4.78 is 0. The SMILES string of the molecule is [B]c1nc([B])c(C(C)C(C)(C)C)c([B])c1[B]. The van der Waals surface area contributed by atoms with Crippen LogP contribution in [0.2, 0.25) is 0 Å². The second-order valence-electron chi connectivity index (χ2n) is 5.21. The molecule has 0 aliphatic rings. The molecule has 0 aliphatic carbocycles. The van der Waals surface area contributed by atoms with Crippen LogP contribution in [-0.2, 0) is 0 Å². The van der Waals surface area contributed by atoms with Crippen molar-refractivity contribution in [2.24, 2.45) is 5.41 Å². The number of aromatic nitrogens is 1. The number of pyridine rings is 1. The first-order valence-electron chi connectivity index (χ1n) is 5.26. The van der Waals surface area contributed by atoms with E-state index in [2.05, 4.69) is 32.7 Å².